The lowest BCUT2D eigenvalue weighted by molar-refractivity contribution is 0.112. The molecule has 2 aromatic rings. The van der Waals surface area contributed by atoms with E-state index >= 15 is 0 Å². The maximum absolute atomic E-state index is 10.5. The van der Waals surface area contributed by atoms with Crippen molar-refractivity contribution in [2.24, 2.45) is 0 Å². The van der Waals surface area contributed by atoms with Crippen LogP contribution in [-0.4, -0.2) is 20.9 Å². The van der Waals surface area contributed by atoms with E-state index in [-0.39, 0.29) is 5.15 Å². The van der Waals surface area contributed by atoms with E-state index in [4.69, 9.17) is 23.2 Å². The van der Waals surface area contributed by atoms with E-state index in [0.29, 0.717) is 22.6 Å². The van der Waals surface area contributed by atoms with Crippen LogP contribution in [0, 0.1) is 0 Å². The van der Waals surface area contributed by atoms with Gasteiger partial charge >= 0.3 is 0 Å². The van der Waals surface area contributed by atoms with Gasteiger partial charge in [0.1, 0.15) is 10.3 Å². The van der Waals surface area contributed by atoms with Gasteiger partial charge in [0.05, 0.1) is 11.8 Å². The Morgan fingerprint density at radius 1 is 1.46 bits per heavy atom. The molecule has 66 valence electrons. The number of aromatic nitrogens is 3. The van der Waals surface area contributed by atoms with Crippen molar-refractivity contribution in [1.29, 1.82) is 0 Å². The Bertz CT molecular complexity index is 480. The van der Waals surface area contributed by atoms with Crippen molar-refractivity contribution in [3.05, 3.63) is 28.1 Å². The number of hydrogen-bond donors (Lipinski definition) is 0. The first-order chi connectivity index (χ1) is 6.22. The first kappa shape index (κ1) is 8.47. The minimum absolute atomic E-state index is 0.237. The largest absolute Gasteiger partial charge is 0.298 e. The Labute approximate surface area is 83.1 Å². The van der Waals surface area contributed by atoms with Crippen molar-refractivity contribution >= 4 is 35.1 Å². The zero-order valence-corrected chi connectivity index (χ0v) is 7.75. The summed E-state index contributed by atoms with van der Waals surface area (Å²) in [6, 6.07) is 1.46. The number of halogens is 2. The molecule has 0 unspecified atom stereocenters. The maximum Gasteiger partial charge on any atom is 0.168 e. The van der Waals surface area contributed by atoms with Crippen LogP contribution >= 0.6 is 23.2 Å². The lowest BCUT2D eigenvalue weighted by Crippen LogP contribution is -1.93. The minimum Gasteiger partial charge on any atom is -0.298 e. The Morgan fingerprint density at radius 3 is 2.92 bits per heavy atom. The first-order valence-corrected chi connectivity index (χ1v) is 4.13. The molecule has 4 nitrogen and oxygen atoms in total. The van der Waals surface area contributed by atoms with Crippen molar-refractivity contribution in [2.75, 3.05) is 0 Å². The highest BCUT2D eigenvalue weighted by molar-refractivity contribution is 6.33. The fourth-order valence-electron chi connectivity index (χ4n) is 0.999. The van der Waals surface area contributed by atoms with Gasteiger partial charge in [0.25, 0.3) is 0 Å². The Balaban J connectivity index is 2.89. The number of rotatable bonds is 1. The first-order valence-electron chi connectivity index (χ1n) is 3.37. The summed E-state index contributed by atoms with van der Waals surface area (Å²) in [6.07, 6.45) is 2.04. The summed E-state index contributed by atoms with van der Waals surface area (Å²) in [4.78, 5) is 14.4. The maximum atomic E-state index is 10.5. The van der Waals surface area contributed by atoms with Gasteiger partial charge in [0.15, 0.2) is 11.9 Å². The van der Waals surface area contributed by atoms with Crippen LogP contribution in [0.1, 0.15) is 10.4 Å². The number of fused-ring (bicyclic) bond motifs is 1. The molecule has 0 saturated carbocycles. The van der Waals surface area contributed by atoms with E-state index in [1.165, 1.54) is 16.8 Å². The number of nitrogens with zero attached hydrogens (tertiary/aromatic N) is 3. The quantitative estimate of drug-likeness (QED) is 0.539. The molecular formula is C7H3Cl2N3O. The van der Waals surface area contributed by atoms with Crippen molar-refractivity contribution in [2.45, 2.75) is 0 Å². The molecule has 0 aliphatic carbocycles. The van der Waals surface area contributed by atoms with Crippen LogP contribution in [0.3, 0.4) is 0 Å². The molecule has 0 N–H and O–H groups in total. The molecule has 2 rings (SSSR count). The van der Waals surface area contributed by atoms with Crippen LogP contribution in [0.5, 0.6) is 0 Å². The van der Waals surface area contributed by atoms with Gasteiger partial charge in [-0.05, 0) is 0 Å². The van der Waals surface area contributed by atoms with E-state index in [9.17, 15) is 4.79 Å². The number of aldehydes is 1. The van der Waals surface area contributed by atoms with Gasteiger partial charge in [0.2, 0.25) is 0 Å². The molecule has 0 bridgehead atoms. The molecule has 0 aliphatic rings. The predicted octanol–water partition coefficient (Wildman–Crippen LogP) is 1.85. The SMILES string of the molecule is O=Cc1cnn2c(Cl)cc(Cl)nc12. The monoisotopic (exact) mass is 215 g/mol. The summed E-state index contributed by atoms with van der Waals surface area (Å²) in [6.45, 7) is 0. The summed E-state index contributed by atoms with van der Waals surface area (Å²) in [5, 5.41) is 4.42. The van der Waals surface area contributed by atoms with E-state index in [0.717, 1.165) is 0 Å². The number of carbonyl (C=O) groups is 1. The van der Waals surface area contributed by atoms with Crippen molar-refractivity contribution in [1.82, 2.24) is 14.6 Å². The van der Waals surface area contributed by atoms with Crippen molar-refractivity contribution in [3.63, 3.8) is 0 Å². The van der Waals surface area contributed by atoms with Crippen molar-refractivity contribution < 1.29 is 4.79 Å². The minimum atomic E-state index is 0.237. The molecule has 13 heavy (non-hydrogen) atoms. The second-order valence-corrected chi connectivity index (χ2v) is 3.13. The predicted molar refractivity (Wildman–Crippen MR) is 48.4 cm³/mol. The number of carbonyl (C=O) groups excluding carboxylic acids is 1. The fourth-order valence-corrected chi connectivity index (χ4v) is 1.47. The smallest absolute Gasteiger partial charge is 0.168 e. The Hall–Kier alpha value is -1.13. The standard InChI is InChI=1S/C7H3Cl2N3O/c8-5-1-6(9)12-7(11-5)4(3-13)2-10-12/h1-3H. The molecular weight excluding hydrogens is 213 g/mol. The van der Waals surface area contributed by atoms with Gasteiger partial charge in [-0.3, -0.25) is 4.79 Å². The van der Waals surface area contributed by atoms with E-state index in [1.54, 1.807) is 0 Å². The third-order valence-electron chi connectivity index (χ3n) is 1.55. The molecule has 2 aromatic heterocycles. The topological polar surface area (TPSA) is 47.3 Å². The fraction of sp³-hybridized carbons (Fsp3) is 0. The highest BCUT2D eigenvalue weighted by atomic mass is 35.5. The van der Waals surface area contributed by atoms with E-state index in [1.807, 2.05) is 0 Å². The van der Waals surface area contributed by atoms with Crippen LogP contribution in [0.2, 0.25) is 10.3 Å². The summed E-state index contributed by atoms with van der Waals surface area (Å²) in [5.74, 6) is 0. The lowest BCUT2D eigenvalue weighted by atomic mass is 10.4. The average Bonchev–Trinajstić information content (AvgIpc) is 2.47. The highest BCUT2D eigenvalue weighted by Gasteiger charge is 2.08. The summed E-state index contributed by atoms with van der Waals surface area (Å²) >= 11 is 11.4. The van der Waals surface area contributed by atoms with Crippen LogP contribution in [0.4, 0.5) is 0 Å². The lowest BCUT2D eigenvalue weighted by Gasteiger charge is -1.96. The second-order valence-electron chi connectivity index (χ2n) is 2.35. The van der Waals surface area contributed by atoms with Crippen LogP contribution in [0.25, 0.3) is 5.65 Å². The van der Waals surface area contributed by atoms with E-state index < -0.39 is 0 Å². The van der Waals surface area contributed by atoms with Gasteiger partial charge < -0.3 is 0 Å². The van der Waals surface area contributed by atoms with Crippen LogP contribution < -0.4 is 0 Å². The van der Waals surface area contributed by atoms with Gasteiger partial charge in [0, 0.05) is 6.07 Å². The Kier molecular flexibility index (Phi) is 1.94. The zero-order chi connectivity index (χ0) is 9.42. The van der Waals surface area contributed by atoms with Crippen LogP contribution in [0.15, 0.2) is 12.3 Å². The average molecular weight is 216 g/mol. The summed E-state index contributed by atoms with van der Waals surface area (Å²) < 4.78 is 1.34. The molecule has 0 spiro atoms. The third kappa shape index (κ3) is 1.28. The summed E-state index contributed by atoms with van der Waals surface area (Å²) in [5.41, 5.74) is 0.733. The molecule has 6 heteroatoms. The molecule has 0 amide bonds. The van der Waals surface area contributed by atoms with Gasteiger partial charge in [-0.1, -0.05) is 23.2 Å². The van der Waals surface area contributed by atoms with E-state index in [2.05, 4.69) is 10.1 Å². The summed E-state index contributed by atoms with van der Waals surface area (Å²) in [7, 11) is 0. The zero-order valence-electron chi connectivity index (χ0n) is 6.24. The molecule has 0 saturated heterocycles. The Morgan fingerprint density at radius 2 is 2.23 bits per heavy atom. The van der Waals surface area contributed by atoms with Crippen LogP contribution in [-0.2, 0) is 0 Å². The van der Waals surface area contributed by atoms with Gasteiger partial charge in [-0.25, -0.2) is 9.50 Å². The van der Waals surface area contributed by atoms with Crippen molar-refractivity contribution in [3.8, 4) is 0 Å². The normalized spacial score (nSPS) is 10.6. The second kappa shape index (κ2) is 2.97. The van der Waals surface area contributed by atoms with Gasteiger partial charge in [-0.2, -0.15) is 5.10 Å². The molecule has 0 aliphatic heterocycles. The third-order valence-corrected chi connectivity index (χ3v) is 2.01. The highest BCUT2D eigenvalue weighted by Crippen LogP contribution is 2.17. The van der Waals surface area contributed by atoms with Gasteiger partial charge in [-0.15, -0.1) is 0 Å². The molecule has 0 fully saturated rings. The number of hydrogen-bond acceptors (Lipinski definition) is 3. The molecule has 2 heterocycles. The molecule has 0 aromatic carbocycles. The molecule has 0 atom stereocenters. The molecule has 0 radical (unpaired) electrons.